The lowest BCUT2D eigenvalue weighted by atomic mass is 10.3. The largest absolute Gasteiger partial charge is 0.481 e. The summed E-state index contributed by atoms with van der Waals surface area (Å²) in [6, 6.07) is 7.14. The van der Waals surface area contributed by atoms with E-state index in [9.17, 15) is 9.59 Å². The Bertz CT molecular complexity index is 727. The van der Waals surface area contributed by atoms with Crippen LogP contribution in [-0.4, -0.2) is 34.4 Å². The minimum absolute atomic E-state index is 0.198. The number of anilines is 1. The second-order valence-corrected chi connectivity index (χ2v) is 5.87. The molecule has 0 aliphatic carbocycles. The van der Waals surface area contributed by atoms with Crippen LogP contribution < -0.4 is 10.1 Å². The number of aryl methyl sites for hydroxylation is 1. The maximum Gasteiger partial charge on any atom is 0.343 e. The number of amides is 1. The molecular formula is C16H18BrN3O4. The molecule has 0 aliphatic heterocycles. The molecule has 0 bridgehead atoms. The zero-order valence-corrected chi connectivity index (χ0v) is 15.2. The number of ether oxygens (including phenoxy) is 2. The molecule has 7 nitrogen and oxygen atoms in total. The average molecular weight is 396 g/mol. The minimum Gasteiger partial charge on any atom is -0.481 e. The first-order chi connectivity index (χ1) is 11.4. The Balaban J connectivity index is 2.07. The number of rotatable bonds is 6. The third kappa shape index (κ3) is 4.35. The molecule has 1 amide bonds. The normalized spacial score (nSPS) is 11.7. The molecule has 1 aromatic heterocycles. The molecule has 1 atom stereocenters. The van der Waals surface area contributed by atoms with Gasteiger partial charge in [0.25, 0.3) is 5.91 Å². The van der Waals surface area contributed by atoms with E-state index in [1.54, 1.807) is 33.0 Å². The van der Waals surface area contributed by atoms with Crippen LogP contribution in [0.3, 0.4) is 0 Å². The first kappa shape index (κ1) is 18.0. The van der Waals surface area contributed by atoms with Crippen molar-refractivity contribution >= 4 is 33.6 Å². The van der Waals surface area contributed by atoms with Gasteiger partial charge in [0.05, 0.1) is 12.8 Å². The summed E-state index contributed by atoms with van der Waals surface area (Å²) in [5.41, 5.74) is 0.198. The van der Waals surface area contributed by atoms with Crippen LogP contribution in [0.4, 0.5) is 5.82 Å². The zero-order valence-electron chi connectivity index (χ0n) is 13.6. The van der Waals surface area contributed by atoms with E-state index in [1.165, 1.54) is 10.9 Å². The van der Waals surface area contributed by atoms with Gasteiger partial charge in [-0.2, -0.15) is 5.10 Å². The molecule has 8 heteroatoms. The van der Waals surface area contributed by atoms with Crippen molar-refractivity contribution in [2.45, 2.75) is 20.0 Å². The summed E-state index contributed by atoms with van der Waals surface area (Å²) >= 11 is 3.33. The van der Waals surface area contributed by atoms with E-state index in [0.717, 1.165) is 4.47 Å². The Labute approximate surface area is 148 Å². The fourth-order valence-corrected chi connectivity index (χ4v) is 2.20. The molecule has 1 heterocycles. The van der Waals surface area contributed by atoms with Crippen LogP contribution in [-0.2, 0) is 16.6 Å². The van der Waals surface area contributed by atoms with Crippen LogP contribution in [0.25, 0.3) is 0 Å². The van der Waals surface area contributed by atoms with E-state index in [1.807, 2.05) is 12.1 Å². The van der Waals surface area contributed by atoms with E-state index in [4.69, 9.17) is 9.47 Å². The lowest BCUT2D eigenvalue weighted by molar-refractivity contribution is -0.122. The predicted octanol–water partition coefficient (Wildman–Crippen LogP) is 2.77. The lowest BCUT2D eigenvalue weighted by Crippen LogP contribution is -2.31. The molecule has 2 rings (SSSR count). The summed E-state index contributed by atoms with van der Waals surface area (Å²) in [6.45, 7) is 3.57. The summed E-state index contributed by atoms with van der Waals surface area (Å²) in [6.07, 6.45) is 0.601. The van der Waals surface area contributed by atoms with Gasteiger partial charge in [-0.1, -0.05) is 15.9 Å². The number of hydrogen-bond donors (Lipinski definition) is 1. The highest BCUT2D eigenvalue weighted by Crippen LogP contribution is 2.19. The van der Waals surface area contributed by atoms with Gasteiger partial charge < -0.3 is 14.8 Å². The fourth-order valence-electron chi connectivity index (χ4n) is 1.93. The Kier molecular flexibility index (Phi) is 5.97. The van der Waals surface area contributed by atoms with Crippen molar-refractivity contribution in [3.8, 4) is 5.75 Å². The molecule has 0 radical (unpaired) electrons. The first-order valence-corrected chi connectivity index (χ1v) is 8.14. The molecule has 0 fully saturated rings. The third-order valence-electron chi connectivity index (χ3n) is 3.17. The predicted molar refractivity (Wildman–Crippen MR) is 92.0 cm³/mol. The standard InChI is InChI=1S/C16H18BrN3O4/c1-4-23-16(22)13-9-18-20(3)14(13)19-15(21)10(2)24-12-7-5-11(17)6-8-12/h5-10H,4H2,1-3H3,(H,19,21). The van der Waals surface area contributed by atoms with Crippen molar-refractivity contribution in [3.05, 3.63) is 40.5 Å². The van der Waals surface area contributed by atoms with Gasteiger partial charge >= 0.3 is 5.97 Å². The smallest absolute Gasteiger partial charge is 0.343 e. The summed E-state index contributed by atoms with van der Waals surface area (Å²) in [4.78, 5) is 24.2. The quantitative estimate of drug-likeness (QED) is 0.760. The zero-order chi connectivity index (χ0) is 17.7. The van der Waals surface area contributed by atoms with Crippen LogP contribution in [0, 0.1) is 0 Å². The van der Waals surface area contributed by atoms with Crippen molar-refractivity contribution in [3.63, 3.8) is 0 Å². The van der Waals surface area contributed by atoms with Crippen molar-refractivity contribution in [1.82, 2.24) is 9.78 Å². The van der Waals surface area contributed by atoms with Crippen molar-refractivity contribution < 1.29 is 19.1 Å². The van der Waals surface area contributed by atoms with Crippen molar-refractivity contribution in [2.75, 3.05) is 11.9 Å². The number of nitrogens with zero attached hydrogens (tertiary/aromatic N) is 2. The molecule has 0 spiro atoms. The maximum absolute atomic E-state index is 12.3. The van der Waals surface area contributed by atoms with Crippen molar-refractivity contribution in [2.24, 2.45) is 7.05 Å². The number of halogens is 1. The van der Waals surface area contributed by atoms with Crippen LogP contribution >= 0.6 is 15.9 Å². The highest BCUT2D eigenvalue weighted by molar-refractivity contribution is 9.10. The van der Waals surface area contributed by atoms with Gasteiger partial charge in [-0.25, -0.2) is 4.79 Å². The van der Waals surface area contributed by atoms with Gasteiger partial charge in [0.2, 0.25) is 0 Å². The number of carbonyl (C=O) groups excluding carboxylic acids is 2. The van der Waals surface area contributed by atoms with E-state index < -0.39 is 18.0 Å². The Hall–Kier alpha value is -2.35. The van der Waals surface area contributed by atoms with Crippen LogP contribution in [0.2, 0.25) is 0 Å². The second-order valence-electron chi connectivity index (χ2n) is 4.95. The Morgan fingerprint density at radius 3 is 2.62 bits per heavy atom. The molecule has 0 saturated heterocycles. The molecule has 0 aliphatic rings. The second kappa shape index (κ2) is 7.96. The summed E-state index contributed by atoms with van der Waals surface area (Å²) in [7, 11) is 1.62. The number of hydrogen-bond acceptors (Lipinski definition) is 5. The molecule has 1 N–H and O–H groups in total. The van der Waals surface area contributed by atoms with Crippen LogP contribution in [0.1, 0.15) is 24.2 Å². The first-order valence-electron chi connectivity index (χ1n) is 7.34. The maximum atomic E-state index is 12.3. The number of aromatic nitrogens is 2. The summed E-state index contributed by atoms with van der Waals surface area (Å²) < 4.78 is 12.9. The average Bonchev–Trinajstić information content (AvgIpc) is 2.91. The molecule has 2 aromatic rings. The fraction of sp³-hybridized carbons (Fsp3) is 0.312. The molecule has 1 aromatic carbocycles. The van der Waals surface area contributed by atoms with Crippen molar-refractivity contribution in [1.29, 1.82) is 0 Å². The number of benzene rings is 1. The SMILES string of the molecule is CCOC(=O)c1cnn(C)c1NC(=O)C(C)Oc1ccc(Br)cc1. The summed E-state index contributed by atoms with van der Waals surface area (Å²) in [5, 5.41) is 6.64. The van der Waals surface area contributed by atoms with E-state index >= 15 is 0 Å². The summed E-state index contributed by atoms with van der Waals surface area (Å²) in [5.74, 6) is -0.101. The van der Waals surface area contributed by atoms with Gasteiger partial charge in [-0.3, -0.25) is 9.48 Å². The Morgan fingerprint density at radius 1 is 1.33 bits per heavy atom. The van der Waals surface area contributed by atoms with Gasteiger partial charge in [0.15, 0.2) is 6.10 Å². The number of carbonyl (C=O) groups is 2. The highest BCUT2D eigenvalue weighted by Gasteiger charge is 2.22. The molecule has 1 unspecified atom stereocenters. The molecular weight excluding hydrogens is 378 g/mol. The van der Waals surface area contributed by atoms with Crippen LogP contribution in [0.15, 0.2) is 34.9 Å². The van der Waals surface area contributed by atoms with Gasteiger partial charge in [-0.15, -0.1) is 0 Å². The topological polar surface area (TPSA) is 82.5 Å². The van der Waals surface area contributed by atoms with Gasteiger partial charge in [0.1, 0.15) is 17.1 Å². The van der Waals surface area contributed by atoms with E-state index in [0.29, 0.717) is 5.75 Å². The number of nitrogens with one attached hydrogen (secondary N) is 1. The van der Waals surface area contributed by atoms with E-state index in [-0.39, 0.29) is 18.0 Å². The molecule has 24 heavy (non-hydrogen) atoms. The Morgan fingerprint density at radius 2 is 2.00 bits per heavy atom. The van der Waals surface area contributed by atoms with Crippen LogP contribution in [0.5, 0.6) is 5.75 Å². The minimum atomic E-state index is -0.754. The monoisotopic (exact) mass is 395 g/mol. The lowest BCUT2D eigenvalue weighted by Gasteiger charge is -2.15. The van der Waals surface area contributed by atoms with E-state index in [2.05, 4.69) is 26.3 Å². The number of esters is 1. The highest BCUT2D eigenvalue weighted by atomic mass is 79.9. The van der Waals surface area contributed by atoms with Gasteiger partial charge in [0, 0.05) is 11.5 Å². The third-order valence-corrected chi connectivity index (χ3v) is 3.70. The molecule has 128 valence electrons. The molecule has 0 saturated carbocycles. The van der Waals surface area contributed by atoms with Gasteiger partial charge in [-0.05, 0) is 38.1 Å².